The van der Waals surface area contributed by atoms with E-state index >= 15 is 0 Å². The number of benzene rings is 1. The van der Waals surface area contributed by atoms with Crippen molar-refractivity contribution >= 4 is 11.9 Å². The van der Waals surface area contributed by atoms with E-state index in [0.717, 1.165) is 5.56 Å². The first kappa shape index (κ1) is 16.9. The molecule has 0 bridgehead atoms. The third kappa shape index (κ3) is 6.72. The Hall–Kier alpha value is -2.14. The molecule has 1 atom stereocenters. The molecule has 0 aliphatic rings. The fourth-order valence-electron chi connectivity index (χ4n) is 1.75. The van der Waals surface area contributed by atoms with Crippen LogP contribution in [0.2, 0.25) is 0 Å². The van der Waals surface area contributed by atoms with Gasteiger partial charge in [0.15, 0.2) is 0 Å². The van der Waals surface area contributed by atoms with Crippen molar-refractivity contribution in [1.29, 1.82) is 0 Å². The Morgan fingerprint density at radius 3 is 2.67 bits per heavy atom. The number of amides is 1. The summed E-state index contributed by atoms with van der Waals surface area (Å²) in [7, 11) is 1.29. The summed E-state index contributed by atoms with van der Waals surface area (Å²) < 4.78 is 9.97. The molecule has 0 fully saturated rings. The molecule has 0 saturated carbocycles. The van der Waals surface area contributed by atoms with Crippen LogP contribution in [0.5, 0.6) is 0 Å². The summed E-state index contributed by atoms with van der Waals surface area (Å²) >= 11 is 0. The van der Waals surface area contributed by atoms with Crippen molar-refractivity contribution in [3.8, 4) is 0 Å². The molecule has 21 heavy (non-hydrogen) atoms. The van der Waals surface area contributed by atoms with Crippen molar-refractivity contribution in [3.05, 3.63) is 48.6 Å². The van der Waals surface area contributed by atoms with E-state index in [0.29, 0.717) is 19.4 Å². The maximum atomic E-state index is 11.8. The van der Waals surface area contributed by atoms with Crippen LogP contribution < -0.4 is 5.32 Å². The highest BCUT2D eigenvalue weighted by molar-refractivity contribution is 5.85. The summed E-state index contributed by atoms with van der Waals surface area (Å²) in [5, 5.41) is 2.60. The van der Waals surface area contributed by atoms with E-state index < -0.39 is 12.0 Å². The van der Waals surface area contributed by atoms with Gasteiger partial charge in [0.05, 0.1) is 13.7 Å². The van der Waals surface area contributed by atoms with Crippen molar-refractivity contribution < 1.29 is 19.1 Å². The fraction of sp³-hybridized carbons (Fsp3) is 0.375. The fourth-order valence-corrected chi connectivity index (χ4v) is 1.75. The lowest BCUT2D eigenvalue weighted by Gasteiger charge is -2.15. The number of methoxy groups -OCH3 is 1. The molecule has 1 aromatic rings. The lowest BCUT2D eigenvalue weighted by molar-refractivity contribution is -0.145. The average molecular weight is 291 g/mol. The van der Waals surface area contributed by atoms with Gasteiger partial charge in [-0.05, 0) is 18.4 Å². The standard InChI is InChI=1S/C16H21NO4/c1-3-4-10-14(16(19)20-2)17-15(18)12-21-11-13-8-6-5-7-9-13/h3,5-9,14H,1,4,10-12H2,2H3,(H,17,18)/t14-/m1/s1. The number of hydrogen-bond donors (Lipinski definition) is 1. The van der Waals surface area contributed by atoms with Crippen LogP contribution in [-0.4, -0.2) is 31.6 Å². The zero-order chi connectivity index (χ0) is 15.5. The number of nitrogens with one attached hydrogen (secondary N) is 1. The van der Waals surface area contributed by atoms with E-state index in [2.05, 4.69) is 16.6 Å². The van der Waals surface area contributed by atoms with Gasteiger partial charge < -0.3 is 14.8 Å². The molecule has 1 N–H and O–H groups in total. The molecule has 0 aliphatic heterocycles. The largest absolute Gasteiger partial charge is 0.467 e. The van der Waals surface area contributed by atoms with Gasteiger partial charge in [-0.15, -0.1) is 6.58 Å². The zero-order valence-electron chi connectivity index (χ0n) is 12.2. The summed E-state index contributed by atoms with van der Waals surface area (Å²) in [6, 6.07) is 8.89. The highest BCUT2D eigenvalue weighted by atomic mass is 16.5. The Labute approximate surface area is 124 Å². The average Bonchev–Trinajstić information content (AvgIpc) is 2.51. The van der Waals surface area contributed by atoms with E-state index in [1.165, 1.54) is 7.11 Å². The molecule has 114 valence electrons. The first-order chi connectivity index (χ1) is 10.2. The predicted molar refractivity (Wildman–Crippen MR) is 79.5 cm³/mol. The number of esters is 1. The van der Waals surface area contributed by atoms with Crippen LogP contribution in [0.4, 0.5) is 0 Å². The van der Waals surface area contributed by atoms with Crippen LogP contribution in [0.1, 0.15) is 18.4 Å². The molecule has 0 spiro atoms. The summed E-state index contributed by atoms with van der Waals surface area (Å²) in [6.45, 7) is 3.84. The van der Waals surface area contributed by atoms with Gasteiger partial charge in [-0.25, -0.2) is 4.79 Å². The molecule has 1 aromatic carbocycles. The minimum atomic E-state index is -0.666. The normalized spacial score (nSPS) is 11.5. The SMILES string of the molecule is C=CCC[C@@H](NC(=O)COCc1ccccc1)C(=O)OC. The van der Waals surface area contributed by atoms with Crippen molar-refractivity contribution in [2.75, 3.05) is 13.7 Å². The summed E-state index contributed by atoms with van der Waals surface area (Å²) in [4.78, 5) is 23.3. The maximum Gasteiger partial charge on any atom is 0.328 e. The second-order valence-electron chi connectivity index (χ2n) is 4.49. The third-order valence-corrected chi connectivity index (χ3v) is 2.83. The Morgan fingerprint density at radius 2 is 2.05 bits per heavy atom. The van der Waals surface area contributed by atoms with E-state index in [9.17, 15) is 9.59 Å². The lowest BCUT2D eigenvalue weighted by atomic mass is 10.1. The molecule has 0 unspecified atom stereocenters. The molecular formula is C16H21NO4. The van der Waals surface area contributed by atoms with Gasteiger partial charge in [0, 0.05) is 0 Å². The smallest absolute Gasteiger partial charge is 0.328 e. The Morgan fingerprint density at radius 1 is 1.33 bits per heavy atom. The molecular weight excluding hydrogens is 270 g/mol. The topological polar surface area (TPSA) is 64.6 Å². The first-order valence-corrected chi connectivity index (χ1v) is 6.77. The Bertz CT molecular complexity index is 459. The van der Waals surface area contributed by atoms with E-state index in [-0.39, 0.29) is 12.5 Å². The number of hydrogen-bond acceptors (Lipinski definition) is 4. The molecule has 5 nitrogen and oxygen atoms in total. The van der Waals surface area contributed by atoms with Crippen LogP contribution in [0.15, 0.2) is 43.0 Å². The summed E-state index contributed by atoms with van der Waals surface area (Å²) in [5.41, 5.74) is 0.987. The van der Waals surface area contributed by atoms with Crippen LogP contribution >= 0.6 is 0 Å². The van der Waals surface area contributed by atoms with Gasteiger partial charge in [0.2, 0.25) is 5.91 Å². The van der Waals surface area contributed by atoms with Gasteiger partial charge >= 0.3 is 5.97 Å². The highest BCUT2D eigenvalue weighted by Gasteiger charge is 2.20. The van der Waals surface area contributed by atoms with E-state index in [4.69, 9.17) is 4.74 Å². The second-order valence-corrected chi connectivity index (χ2v) is 4.49. The highest BCUT2D eigenvalue weighted by Crippen LogP contribution is 2.02. The summed E-state index contributed by atoms with van der Waals surface area (Å²) in [5.74, 6) is -0.807. The quantitative estimate of drug-likeness (QED) is 0.557. The van der Waals surface area contributed by atoms with E-state index in [1.54, 1.807) is 6.08 Å². The number of ether oxygens (including phenoxy) is 2. The molecule has 1 amide bonds. The molecule has 0 aliphatic carbocycles. The van der Waals surface area contributed by atoms with E-state index in [1.807, 2.05) is 30.3 Å². The van der Waals surface area contributed by atoms with Gasteiger partial charge in [-0.1, -0.05) is 36.4 Å². The Kier molecular flexibility index (Phi) is 7.82. The van der Waals surface area contributed by atoms with Crippen molar-refractivity contribution in [2.24, 2.45) is 0 Å². The number of carbonyl (C=O) groups is 2. The first-order valence-electron chi connectivity index (χ1n) is 6.77. The summed E-state index contributed by atoms with van der Waals surface area (Å²) in [6.07, 6.45) is 2.76. The molecule has 0 radical (unpaired) electrons. The molecule has 0 aromatic heterocycles. The minimum absolute atomic E-state index is 0.101. The van der Waals surface area contributed by atoms with Crippen molar-refractivity contribution in [3.63, 3.8) is 0 Å². The van der Waals surface area contributed by atoms with Crippen LogP contribution in [0.25, 0.3) is 0 Å². The Balaban J connectivity index is 2.35. The number of allylic oxidation sites excluding steroid dienone is 1. The zero-order valence-corrected chi connectivity index (χ0v) is 12.2. The molecule has 0 heterocycles. The molecule has 1 rings (SSSR count). The predicted octanol–water partition coefficient (Wildman–Crippen LogP) is 1.83. The maximum absolute atomic E-state index is 11.8. The molecule has 0 saturated heterocycles. The van der Waals surface area contributed by atoms with Crippen LogP contribution in [0.3, 0.4) is 0 Å². The van der Waals surface area contributed by atoms with Crippen molar-refractivity contribution in [2.45, 2.75) is 25.5 Å². The van der Waals surface area contributed by atoms with Gasteiger partial charge in [0.25, 0.3) is 0 Å². The van der Waals surface area contributed by atoms with Gasteiger partial charge in [-0.2, -0.15) is 0 Å². The van der Waals surface area contributed by atoms with Gasteiger partial charge in [0.1, 0.15) is 12.6 Å². The third-order valence-electron chi connectivity index (χ3n) is 2.83. The lowest BCUT2D eigenvalue weighted by Crippen LogP contribution is -2.43. The van der Waals surface area contributed by atoms with Gasteiger partial charge in [-0.3, -0.25) is 4.79 Å². The number of rotatable bonds is 9. The van der Waals surface area contributed by atoms with Crippen LogP contribution in [0, 0.1) is 0 Å². The minimum Gasteiger partial charge on any atom is -0.467 e. The molecule has 5 heteroatoms. The van der Waals surface area contributed by atoms with Crippen molar-refractivity contribution in [1.82, 2.24) is 5.32 Å². The monoisotopic (exact) mass is 291 g/mol. The second kappa shape index (κ2) is 9.72. The number of carbonyl (C=O) groups excluding carboxylic acids is 2. The van der Waals surface area contributed by atoms with Crippen LogP contribution in [-0.2, 0) is 25.7 Å².